The number of benzene rings is 2. The van der Waals surface area contributed by atoms with Crippen LogP contribution in [0.2, 0.25) is 0 Å². The SMILES string of the molecule is CC[C@H](C(=O)NC1CCCC1)N(Cc1ccccc1)C(=O)CSCc1ccccc1F. The molecule has 6 heteroatoms. The molecule has 2 amide bonds. The maximum absolute atomic E-state index is 13.9. The second-order valence-electron chi connectivity index (χ2n) is 8.01. The first kappa shape index (κ1) is 23.3. The molecule has 1 atom stereocenters. The molecule has 0 bridgehead atoms. The topological polar surface area (TPSA) is 49.4 Å². The van der Waals surface area contributed by atoms with E-state index in [0.29, 0.717) is 24.3 Å². The van der Waals surface area contributed by atoms with E-state index in [1.165, 1.54) is 17.8 Å². The van der Waals surface area contributed by atoms with Crippen molar-refractivity contribution in [2.24, 2.45) is 0 Å². The number of amides is 2. The largest absolute Gasteiger partial charge is 0.352 e. The Balaban J connectivity index is 1.68. The third-order valence-corrected chi connectivity index (χ3v) is 6.69. The van der Waals surface area contributed by atoms with E-state index in [4.69, 9.17) is 0 Å². The molecular weight excluding hydrogens is 411 g/mol. The number of carbonyl (C=O) groups is 2. The molecule has 2 aromatic rings. The average Bonchev–Trinajstić information content (AvgIpc) is 3.28. The Morgan fingerprint density at radius 3 is 2.45 bits per heavy atom. The smallest absolute Gasteiger partial charge is 0.243 e. The van der Waals surface area contributed by atoms with Gasteiger partial charge in [-0.25, -0.2) is 4.39 Å². The van der Waals surface area contributed by atoms with Crippen LogP contribution in [0.3, 0.4) is 0 Å². The molecule has 0 aromatic heterocycles. The van der Waals surface area contributed by atoms with Crippen LogP contribution in [0.1, 0.15) is 50.2 Å². The summed E-state index contributed by atoms with van der Waals surface area (Å²) in [7, 11) is 0. The summed E-state index contributed by atoms with van der Waals surface area (Å²) < 4.78 is 13.9. The minimum Gasteiger partial charge on any atom is -0.352 e. The van der Waals surface area contributed by atoms with Crippen LogP contribution in [0, 0.1) is 5.82 Å². The van der Waals surface area contributed by atoms with Crippen molar-refractivity contribution in [1.82, 2.24) is 10.2 Å². The summed E-state index contributed by atoms with van der Waals surface area (Å²) in [6.07, 6.45) is 4.85. The first-order chi connectivity index (χ1) is 15.1. The monoisotopic (exact) mass is 442 g/mol. The molecule has 1 aliphatic rings. The fraction of sp³-hybridized carbons (Fsp3) is 0.440. The summed E-state index contributed by atoms with van der Waals surface area (Å²) in [4.78, 5) is 27.9. The summed E-state index contributed by atoms with van der Waals surface area (Å²) in [5.41, 5.74) is 1.57. The molecule has 3 rings (SSSR count). The second kappa shape index (κ2) is 11.9. The van der Waals surface area contributed by atoms with Crippen LogP contribution >= 0.6 is 11.8 Å². The van der Waals surface area contributed by atoms with Gasteiger partial charge in [0.1, 0.15) is 11.9 Å². The highest BCUT2D eigenvalue weighted by Gasteiger charge is 2.30. The number of carbonyl (C=O) groups excluding carboxylic acids is 2. The second-order valence-corrected chi connectivity index (χ2v) is 8.99. The van der Waals surface area contributed by atoms with E-state index in [9.17, 15) is 14.0 Å². The minimum absolute atomic E-state index is 0.0715. The number of halogens is 1. The molecule has 1 aliphatic carbocycles. The molecule has 1 N–H and O–H groups in total. The molecule has 0 radical (unpaired) electrons. The van der Waals surface area contributed by atoms with Gasteiger partial charge in [-0.1, -0.05) is 68.3 Å². The predicted molar refractivity (Wildman–Crippen MR) is 124 cm³/mol. The van der Waals surface area contributed by atoms with E-state index >= 15 is 0 Å². The Hall–Kier alpha value is -2.34. The van der Waals surface area contributed by atoms with Crippen molar-refractivity contribution in [2.45, 2.75) is 63.4 Å². The maximum Gasteiger partial charge on any atom is 0.243 e. The van der Waals surface area contributed by atoms with Crippen molar-refractivity contribution in [3.63, 3.8) is 0 Å². The Morgan fingerprint density at radius 2 is 1.77 bits per heavy atom. The number of hydrogen-bond donors (Lipinski definition) is 1. The number of rotatable bonds is 10. The fourth-order valence-corrected chi connectivity index (χ4v) is 4.91. The fourth-order valence-electron chi connectivity index (χ4n) is 4.01. The maximum atomic E-state index is 13.9. The van der Waals surface area contributed by atoms with E-state index in [-0.39, 0.29) is 29.4 Å². The Labute approximate surface area is 188 Å². The molecule has 2 aromatic carbocycles. The van der Waals surface area contributed by atoms with Crippen LogP contribution in [-0.4, -0.2) is 34.6 Å². The summed E-state index contributed by atoms with van der Waals surface area (Å²) in [6.45, 7) is 2.33. The number of thioether (sulfide) groups is 1. The molecule has 31 heavy (non-hydrogen) atoms. The third-order valence-electron chi connectivity index (χ3n) is 5.72. The van der Waals surface area contributed by atoms with Gasteiger partial charge < -0.3 is 10.2 Å². The minimum atomic E-state index is -0.512. The molecule has 1 fully saturated rings. The molecule has 0 spiro atoms. The summed E-state index contributed by atoms with van der Waals surface area (Å²) in [6, 6.07) is 16.1. The third kappa shape index (κ3) is 6.82. The lowest BCUT2D eigenvalue weighted by Crippen LogP contribution is -2.51. The molecule has 4 nitrogen and oxygen atoms in total. The van der Waals surface area contributed by atoms with Crippen LogP contribution in [0.15, 0.2) is 54.6 Å². The van der Waals surface area contributed by atoms with Gasteiger partial charge in [-0.15, -0.1) is 11.8 Å². The Morgan fingerprint density at radius 1 is 1.10 bits per heavy atom. The van der Waals surface area contributed by atoms with E-state index < -0.39 is 6.04 Å². The van der Waals surface area contributed by atoms with Crippen LogP contribution in [0.25, 0.3) is 0 Å². The highest BCUT2D eigenvalue weighted by Crippen LogP contribution is 2.21. The van der Waals surface area contributed by atoms with Crippen molar-refractivity contribution in [1.29, 1.82) is 0 Å². The van der Waals surface area contributed by atoms with Crippen molar-refractivity contribution < 1.29 is 14.0 Å². The molecular formula is C25H31FN2O2S. The van der Waals surface area contributed by atoms with Crippen molar-refractivity contribution in [3.05, 3.63) is 71.5 Å². The number of hydrogen-bond acceptors (Lipinski definition) is 3. The van der Waals surface area contributed by atoms with Crippen LogP contribution in [0.4, 0.5) is 4.39 Å². The first-order valence-corrected chi connectivity index (χ1v) is 12.2. The van der Waals surface area contributed by atoms with E-state index in [0.717, 1.165) is 31.2 Å². The van der Waals surface area contributed by atoms with Crippen LogP contribution in [0.5, 0.6) is 0 Å². The van der Waals surface area contributed by atoms with Crippen molar-refractivity contribution in [2.75, 3.05) is 5.75 Å². The molecule has 0 heterocycles. The lowest BCUT2D eigenvalue weighted by molar-refractivity contribution is -0.139. The molecule has 0 unspecified atom stereocenters. The zero-order chi connectivity index (χ0) is 22.1. The van der Waals surface area contributed by atoms with E-state index in [1.807, 2.05) is 37.3 Å². The van der Waals surface area contributed by atoms with Gasteiger partial charge in [0.2, 0.25) is 11.8 Å². The Kier molecular flexibility index (Phi) is 8.95. The first-order valence-electron chi connectivity index (χ1n) is 11.0. The zero-order valence-electron chi connectivity index (χ0n) is 18.1. The van der Waals surface area contributed by atoms with Gasteiger partial charge in [0.05, 0.1) is 5.75 Å². The highest BCUT2D eigenvalue weighted by molar-refractivity contribution is 7.99. The molecule has 1 saturated carbocycles. The van der Waals surface area contributed by atoms with Gasteiger partial charge in [-0.3, -0.25) is 9.59 Å². The van der Waals surface area contributed by atoms with Gasteiger partial charge >= 0.3 is 0 Å². The van der Waals surface area contributed by atoms with Gasteiger partial charge in [0.15, 0.2) is 0 Å². The Bertz CT molecular complexity index is 856. The van der Waals surface area contributed by atoms with Gasteiger partial charge in [0.25, 0.3) is 0 Å². The molecule has 0 aliphatic heterocycles. The van der Waals surface area contributed by atoms with E-state index in [1.54, 1.807) is 23.1 Å². The summed E-state index contributed by atoms with van der Waals surface area (Å²) in [5, 5.41) is 3.15. The quantitative estimate of drug-likeness (QED) is 0.568. The van der Waals surface area contributed by atoms with Gasteiger partial charge in [-0.2, -0.15) is 0 Å². The van der Waals surface area contributed by atoms with Gasteiger partial charge in [0, 0.05) is 18.3 Å². The average molecular weight is 443 g/mol. The summed E-state index contributed by atoms with van der Waals surface area (Å²) in [5.74, 6) is 0.194. The normalized spacial score (nSPS) is 14.9. The standard InChI is InChI=1S/C25H31FN2O2S/c1-2-23(25(30)27-21-13-7-8-14-21)28(16-19-10-4-3-5-11-19)24(29)18-31-17-20-12-6-9-15-22(20)26/h3-6,9-12,15,21,23H,2,7-8,13-14,16-18H2,1H3,(H,27,30)/t23-/m1/s1. The van der Waals surface area contributed by atoms with E-state index in [2.05, 4.69) is 5.32 Å². The number of nitrogens with zero attached hydrogens (tertiary/aromatic N) is 1. The highest BCUT2D eigenvalue weighted by atomic mass is 32.2. The number of nitrogens with one attached hydrogen (secondary N) is 1. The predicted octanol–water partition coefficient (Wildman–Crippen LogP) is 4.93. The lowest BCUT2D eigenvalue weighted by atomic mass is 10.1. The zero-order valence-corrected chi connectivity index (χ0v) is 18.9. The van der Waals surface area contributed by atoms with Crippen LogP contribution in [-0.2, 0) is 21.9 Å². The summed E-state index contributed by atoms with van der Waals surface area (Å²) >= 11 is 1.38. The molecule has 0 saturated heterocycles. The van der Waals surface area contributed by atoms with Crippen LogP contribution < -0.4 is 5.32 Å². The molecule has 166 valence electrons. The van der Waals surface area contributed by atoms with Gasteiger partial charge in [-0.05, 0) is 36.5 Å². The lowest BCUT2D eigenvalue weighted by Gasteiger charge is -2.31. The van der Waals surface area contributed by atoms with Crippen molar-refractivity contribution >= 4 is 23.6 Å². The van der Waals surface area contributed by atoms with Crippen molar-refractivity contribution in [3.8, 4) is 0 Å².